The van der Waals surface area contributed by atoms with Crippen molar-refractivity contribution in [3.8, 4) is 5.75 Å². The summed E-state index contributed by atoms with van der Waals surface area (Å²) in [6.45, 7) is 4.26. The molecule has 210 valence electrons. The molecule has 0 atom stereocenters. The van der Waals surface area contributed by atoms with Crippen molar-refractivity contribution < 1.29 is 19.1 Å². The molecule has 1 saturated heterocycles. The number of halogens is 2. The van der Waals surface area contributed by atoms with Gasteiger partial charge in [0.1, 0.15) is 17.7 Å². The van der Waals surface area contributed by atoms with Gasteiger partial charge in [0.2, 0.25) is 5.91 Å². The van der Waals surface area contributed by atoms with Crippen LogP contribution in [0.3, 0.4) is 0 Å². The lowest BCUT2D eigenvalue weighted by atomic mass is 10.0. The predicted molar refractivity (Wildman–Crippen MR) is 159 cm³/mol. The van der Waals surface area contributed by atoms with Gasteiger partial charge in [-0.15, -0.1) is 24.8 Å². The van der Waals surface area contributed by atoms with Crippen molar-refractivity contribution in [2.75, 3.05) is 24.6 Å². The van der Waals surface area contributed by atoms with Crippen molar-refractivity contribution in [2.24, 2.45) is 5.73 Å². The molecular formula is C29H36Cl2N4O4. The van der Waals surface area contributed by atoms with Crippen molar-refractivity contribution in [1.82, 2.24) is 5.32 Å². The van der Waals surface area contributed by atoms with Crippen LogP contribution in [0.25, 0.3) is 10.8 Å². The molecule has 1 heterocycles. The minimum atomic E-state index is -0.385. The highest BCUT2D eigenvalue weighted by Crippen LogP contribution is 2.26. The molecule has 4 rings (SSSR count). The van der Waals surface area contributed by atoms with E-state index in [1.165, 1.54) is 0 Å². The van der Waals surface area contributed by atoms with Gasteiger partial charge in [0, 0.05) is 17.7 Å². The molecule has 0 bridgehead atoms. The minimum absolute atomic E-state index is 0. The second kappa shape index (κ2) is 15.3. The van der Waals surface area contributed by atoms with Gasteiger partial charge in [-0.25, -0.2) is 0 Å². The quantitative estimate of drug-likeness (QED) is 0.179. The number of rotatable bonds is 10. The van der Waals surface area contributed by atoms with Gasteiger partial charge in [-0.05, 0) is 85.6 Å². The number of nitrogens with zero attached hydrogens (tertiary/aromatic N) is 1. The Morgan fingerprint density at radius 1 is 0.974 bits per heavy atom. The molecule has 8 nitrogen and oxygen atoms in total. The molecule has 1 amide bonds. The number of piperidine rings is 1. The summed E-state index contributed by atoms with van der Waals surface area (Å²) in [5, 5.41) is 13.0. The molecule has 3 aromatic carbocycles. The van der Waals surface area contributed by atoms with Crippen LogP contribution in [0.15, 0.2) is 60.7 Å². The fourth-order valence-corrected chi connectivity index (χ4v) is 4.46. The Hall–Kier alpha value is -3.33. The number of carbonyl (C=O) groups is 2. The summed E-state index contributed by atoms with van der Waals surface area (Å²) in [6, 6.07) is 19.2. The Labute approximate surface area is 241 Å². The molecule has 4 N–H and O–H groups in total. The van der Waals surface area contributed by atoms with E-state index in [-0.39, 0.29) is 68.1 Å². The van der Waals surface area contributed by atoms with Crippen molar-refractivity contribution >= 4 is 59.0 Å². The van der Waals surface area contributed by atoms with E-state index in [0.717, 1.165) is 53.7 Å². The van der Waals surface area contributed by atoms with Crippen LogP contribution in [-0.4, -0.2) is 43.5 Å². The lowest BCUT2D eigenvalue weighted by Gasteiger charge is -2.25. The van der Waals surface area contributed by atoms with Crippen LogP contribution in [0, 0.1) is 5.41 Å². The summed E-state index contributed by atoms with van der Waals surface area (Å²) >= 11 is 0. The van der Waals surface area contributed by atoms with E-state index >= 15 is 0 Å². The fraction of sp³-hybridized carbons (Fsp3) is 0.345. The first-order chi connectivity index (χ1) is 17.9. The summed E-state index contributed by atoms with van der Waals surface area (Å²) in [7, 11) is 0. The maximum absolute atomic E-state index is 13.3. The number of benzene rings is 3. The highest BCUT2D eigenvalue weighted by molar-refractivity contribution is 5.99. The van der Waals surface area contributed by atoms with E-state index in [9.17, 15) is 9.59 Å². The van der Waals surface area contributed by atoms with Gasteiger partial charge in [0.25, 0.3) is 0 Å². The molecule has 0 radical (unpaired) electrons. The zero-order valence-electron chi connectivity index (χ0n) is 22.0. The van der Waals surface area contributed by atoms with Gasteiger partial charge in [-0.2, -0.15) is 0 Å². The van der Waals surface area contributed by atoms with Gasteiger partial charge < -0.3 is 25.4 Å². The van der Waals surface area contributed by atoms with Gasteiger partial charge in [-0.3, -0.25) is 15.0 Å². The van der Waals surface area contributed by atoms with E-state index in [4.69, 9.17) is 20.6 Å². The van der Waals surface area contributed by atoms with Crippen molar-refractivity contribution in [3.05, 3.63) is 71.8 Å². The first-order valence-corrected chi connectivity index (χ1v) is 12.7. The lowest BCUT2D eigenvalue weighted by Crippen LogP contribution is -2.34. The molecule has 39 heavy (non-hydrogen) atoms. The van der Waals surface area contributed by atoms with Crippen LogP contribution in [0.4, 0.5) is 5.69 Å². The average molecular weight is 576 g/mol. The number of ether oxygens (including phenoxy) is 2. The fourth-order valence-electron chi connectivity index (χ4n) is 4.46. The van der Waals surface area contributed by atoms with E-state index in [1.807, 2.05) is 60.7 Å². The smallest absolute Gasteiger partial charge is 0.306 e. The predicted octanol–water partition coefficient (Wildman–Crippen LogP) is 4.97. The molecule has 1 aliphatic rings. The van der Waals surface area contributed by atoms with Crippen molar-refractivity contribution in [2.45, 2.75) is 45.3 Å². The van der Waals surface area contributed by atoms with Gasteiger partial charge in [0.15, 0.2) is 0 Å². The minimum Gasteiger partial charge on any atom is -0.490 e. The number of nitrogens with one attached hydrogen (secondary N) is 2. The first kappa shape index (κ1) is 31.9. The normalized spacial score (nSPS) is 13.1. The lowest BCUT2D eigenvalue weighted by molar-refractivity contribution is -0.144. The third-order valence-corrected chi connectivity index (χ3v) is 6.44. The molecule has 0 aliphatic carbocycles. The number of hydrogen-bond donors (Lipinski definition) is 3. The standard InChI is InChI=1S/C29H34N4O4.2ClH/c1-2-36-28(35)12-11-27(34)33(24-7-9-25(10-8-24)37-26-13-15-32-16-14-26)19-20-3-4-21-5-6-22(29(30)31)18-23(21)17-20;;/h3-10,17-18,26,32H,2,11-16,19H2,1H3,(H3,30,31);2*1H. The third-order valence-electron chi connectivity index (χ3n) is 6.44. The number of fused-ring (bicyclic) bond motifs is 1. The number of hydrogen-bond acceptors (Lipinski definition) is 6. The Bertz CT molecular complexity index is 1260. The van der Waals surface area contributed by atoms with Gasteiger partial charge in [-0.1, -0.05) is 24.3 Å². The number of esters is 1. The monoisotopic (exact) mass is 574 g/mol. The number of amidine groups is 1. The highest BCUT2D eigenvalue weighted by Gasteiger charge is 2.19. The second-order valence-electron chi connectivity index (χ2n) is 9.16. The number of anilines is 1. The highest BCUT2D eigenvalue weighted by atomic mass is 35.5. The third kappa shape index (κ3) is 8.85. The summed E-state index contributed by atoms with van der Waals surface area (Å²) in [5.74, 6) is 0.230. The topological polar surface area (TPSA) is 118 Å². The van der Waals surface area contributed by atoms with E-state index in [0.29, 0.717) is 12.1 Å². The van der Waals surface area contributed by atoms with Crippen LogP contribution in [0.5, 0.6) is 5.75 Å². The van der Waals surface area contributed by atoms with Crippen LogP contribution in [0.2, 0.25) is 0 Å². The Balaban J connectivity index is 0.00000267. The van der Waals surface area contributed by atoms with Crippen molar-refractivity contribution in [1.29, 1.82) is 5.41 Å². The molecule has 1 aliphatic heterocycles. The summed E-state index contributed by atoms with van der Waals surface area (Å²) in [5.41, 5.74) is 7.97. The molecule has 0 saturated carbocycles. The van der Waals surface area contributed by atoms with Gasteiger partial charge in [0.05, 0.1) is 19.6 Å². The summed E-state index contributed by atoms with van der Waals surface area (Å²) in [6.07, 6.45) is 2.20. The molecule has 0 unspecified atom stereocenters. The van der Waals surface area contributed by atoms with Crippen LogP contribution < -0.4 is 20.7 Å². The zero-order chi connectivity index (χ0) is 26.2. The maximum atomic E-state index is 13.3. The largest absolute Gasteiger partial charge is 0.490 e. The number of amides is 1. The molecule has 1 fully saturated rings. The molecule has 0 aromatic heterocycles. The summed E-state index contributed by atoms with van der Waals surface area (Å²) in [4.78, 5) is 26.9. The maximum Gasteiger partial charge on any atom is 0.306 e. The second-order valence-corrected chi connectivity index (χ2v) is 9.16. The number of nitrogens with two attached hydrogens (primary N) is 1. The molecule has 0 spiro atoms. The van der Waals surface area contributed by atoms with Crippen LogP contribution in [-0.2, 0) is 20.9 Å². The molecular weight excluding hydrogens is 539 g/mol. The average Bonchev–Trinajstić information content (AvgIpc) is 2.91. The van der Waals surface area contributed by atoms with Crippen LogP contribution >= 0.6 is 24.8 Å². The van der Waals surface area contributed by atoms with E-state index in [1.54, 1.807) is 11.8 Å². The molecule has 10 heteroatoms. The Morgan fingerprint density at radius 3 is 2.33 bits per heavy atom. The van der Waals surface area contributed by atoms with Gasteiger partial charge >= 0.3 is 5.97 Å². The number of nitrogen functional groups attached to an aromatic ring is 1. The van der Waals surface area contributed by atoms with E-state index < -0.39 is 0 Å². The van der Waals surface area contributed by atoms with E-state index in [2.05, 4.69) is 5.32 Å². The molecule has 3 aromatic rings. The van der Waals surface area contributed by atoms with Crippen molar-refractivity contribution in [3.63, 3.8) is 0 Å². The SMILES string of the molecule is CCOC(=O)CCC(=O)N(Cc1ccc2ccc(C(=N)N)cc2c1)c1ccc(OC2CCNCC2)cc1.Cl.Cl. The zero-order valence-corrected chi connectivity index (χ0v) is 23.6. The number of carbonyl (C=O) groups excluding carboxylic acids is 2. The Morgan fingerprint density at radius 2 is 1.67 bits per heavy atom. The summed E-state index contributed by atoms with van der Waals surface area (Å²) < 4.78 is 11.1. The Kier molecular flexibility index (Phi) is 12.5. The first-order valence-electron chi connectivity index (χ1n) is 12.7. The van der Waals surface area contributed by atoms with Crippen LogP contribution in [0.1, 0.15) is 43.7 Å².